The fourth-order valence-corrected chi connectivity index (χ4v) is 3.03. The molecule has 1 aromatic rings. The Morgan fingerprint density at radius 3 is 2.61 bits per heavy atom. The van der Waals surface area contributed by atoms with Gasteiger partial charge in [-0.15, -0.1) is 0 Å². The smallest absolute Gasteiger partial charge is 0.134 e. The summed E-state index contributed by atoms with van der Waals surface area (Å²) in [6, 6.07) is 8.57. The fourth-order valence-electron chi connectivity index (χ4n) is 3.03. The summed E-state index contributed by atoms with van der Waals surface area (Å²) in [5.74, 6) is 1.19. The van der Waals surface area contributed by atoms with Gasteiger partial charge in [-0.1, -0.05) is 56.4 Å². The molecule has 0 radical (unpaired) electrons. The molecule has 1 heteroatoms. The van der Waals surface area contributed by atoms with Crippen LogP contribution >= 0.6 is 0 Å². The van der Waals surface area contributed by atoms with Gasteiger partial charge in [0.15, 0.2) is 0 Å². The molecule has 0 aromatic heterocycles. The molecule has 0 bridgehead atoms. The van der Waals surface area contributed by atoms with Crippen molar-refractivity contribution in [1.82, 2.24) is 0 Å². The van der Waals surface area contributed by atoms with Gasteiger partial charge in [0.2, 0.25) is 0 Å². The Bertz CT molecular complexity index is 388. The first-order chi connectivity index (χ1) is 8.74. The minimum atomic E-state index is 0.249. The molecule has 1 aliphatic carbocycles. The quantitative estimate of drug-likeness (QED) is 0.753. The molecule has 0 saturated heterocycles. The minimum Gasteiger partial charge on any atom is -0.300 e. The van der Waals surface area contributed by atoms with Crippen LogP contribution in [0.5, 0.6) is 0 Å². The van der Waals surface area contributed by atoms with Gasteiger partial charge in [-0.05, 0) is 36.8 Å². The molecule has 1 aliphatic rings. The first-order valence-corrected chi connectivity index (χ1v) is 7.31. The number of carbonyl (C=O) groups is 1. The van der Waals surface area contributed by atoms with E-state index in [1.54, 1.807) is 6.92 Å². The molecule has 0 N–H and O–H groups in total. The lowest BCUT2D eigenvalue weighted by Crippen LogP contribution is -2.07. The molecular weight excluding hydrogens is 220 g/mol. The maximum atomic E-state index is 11.1. The van der Waals surface area contributed by atoms with Gasteiger partial charge in [-0.25, -0.2) is 0 Å². The summed E-state index contributed by atoms with van der Waals surface area (Å²) in [6.07, 6.45) is 10.2. The molecule has 0 heterocycles. The van der Waals surface area contributed by atoms with Crippen LogP contribution in [0, 0.1) is 5.92 Å². The number of ketones is 1. The zero-order chi connectivity index (χ0) is 12.8. The third-order valence-electron chi connectivity index (χ3n) is 4.01. The van der Waals surface area contributed by atoms with Crippen molar-refractivity contribution in [3.05, 3.63) is 35.4 Å². The molecule has 1 aromatic carbocycles. The Morgan fingerprint density at radius 2 is 1.89 bits per heavy atom. The standard InChI is InChI=1S/C17H24O/c1-14(18)12-17-9-5-8-16(13-17)11-10-15-6-3-2-4-7-15/h5,8-9,13,15H,2-4,6-7,10-12H2,1H3. The highest BCUT2D eigenvalue weighted by Gasteiger charge is 2.13. The summed E-state index contributed by atoms with van der Waals surface area (Å²) in [7, 11) is 0. The Hall–Kier alpha value is -1.11. The molecule has 0 amide bonds. The van der Waals surface area contributed by atoms with E-state index >= 15 is 0 Å². The summed E-state index contributed by atoms with van der Waals surface area (Å²) >= 11 is 0. The molecule has 0 aliphatic heterocycles. The molecule has 1 fully saturated rings. The zero-order valence-corrected chi connectivity index (χ0v) is 11.5. The van der Waals surface area contributed by atoms with E-state index in [1.165, 1.54) is 56.1 Å². The van der Waals surface area contributed by atoms with Gasteiger partial charge in [0.05, 0.1) is 0 Å². The normalized spacial score (nSPS) is 16.7. The molecule has 1 nitrogen and oxygen atoms in total. The van der Waals surface area contributed by atoms with E-state index in [-0.39, 0.29) is 5.78 Å². The maximum Gasteiger partial charge on any atom is 0.134 e. The van der Waals surface area contributed by atoms with E-state index in [4.69, 9.17) is 0 Å². The highest BCUT2D eigenvalue weighted by molar-refractivity contribution is 5.78. The van der Waals surface area contributed by atoms with Gasteiger partial charge >= 0.3 is 0 Å². The highest BCUT2D eigenvalue weighted by atomic mass is 16.1. The lowest BCUT2D eigenvalue weighted by atomic mass is 9.85. The lowest BCUT2D eigenvalue weighted by Gasteiger charge is -2.21. The fraction of sp³-hybridized carbons (Fsp3) is 0.588. The zero-order valence-electron chi connectivity index (χ0n) is 11.5. The van der Waals surface area contributed by atoms with Crippen molar-refractivity contribution in [2.45, 2.75) is 58.3 Å². The van der Waals surface area contributed by atoms with Gasteiger partial charge in [-0.3, -0.25) is 4.79 Å². The lowest BCUT2D eigenvalue weighted by molar-refractivity contribution is -0.116. The summed E-state index contributed by atoms with van der Waals surface area (Å²) in [5.41, 5.74) is 2.57. The summed E-state index contributed by atoms with van der Waals surface area (Å²) < 4.78 is 0. The van der Waals surface area contributed by atoms with Crippen molar-refractivity contribution >= 4 is 5.78 Å². The van der Waals surface area contributed by atoms with Gasteiger partial charge in [0.1, 0.15) is 5.78 Å². The third kappa shape index (κ3) is 4.29. The van der Waals surface area contributed by atoms with E-state index in [0.29, 0.717) is 6.42 Å². The second-order valence-corrected chi connectivity index (χ2v) is 5.74. The topological polar surface area (TPSA) is 17.1 Å². The van der Waals surface area contributed by atoms with E-state index in [1.807, 2.05) is 0 Å². The Labute approximate surface area is 111 Å². The van der Waals surface area contributed by atoms with Crippen molar-refractivity contribution in [2.75, 3.05) is 0 Å². The molecule has 0 atom stereocenters. The number of carbonyl (C=O) groups excluding carboxylic acids is 1. The molecule has 98 valence electrons. The first-order valence-electron chi connectivity index (χ1n) is 7.31. The Morgan fingerprint density at radius 1 is 1.17 bits per heavy atom. The monoisotopic (exact) mass is 244 g/mol. The van der Waals surface area contributed by atoms with Crippen LogP contribution in [0.1, 0.15) is 56.6 Å². The van der Waals surface area contributed by atoms with Crippen LogP contribution in [0.25, 0.3) is 0 Å². The highest BCUT2D eigenvalue weighted by Crippen LogP contribution is 2.27. The van der Waals surface area contributed by atoms with E-state index in [9.17, 15) is 4.79 Å². The average Bonchev–Trinajstić information content (AvgIpc) is 2.37. The van der Waals surface area contributed by atoms with Crippen molar-refractivity contribution in [2.24, 2.45) is 5.92 Å². The van der Waals surface area contributed by atoms with E-state index in [0.717, 1.165) is 5.92 Å². The van der Waals surface area contributed by atoms with Crippen molar-refractivity contribution < 1.29 is 4.79 Å². The van der Waals surface area contributed by atoms with Crippen LogP contribution in [-0.2, 0) is 17.6 Å². The number of benzene rings is 1. The first kappa shape index (κ1) is 13.3. The van der Waals surface area contributed by atoms with E-state index < -0.39 is 0 Å². The largest absolute Gasteiger partial charge is 0.300 e. The predicted molar refractivity (Wildman–Crippen MR) is 75.7 cm³/mol. The number of Topliss-reactive ketones (excluding diaryl/α,β-unsaturated/α-hetero) is 1. The second kappa shape index (κ2) is 6.72. The average molecular weight is 244 g/mol. The molecular formula is C17H24O. The van der Waals surface area contributed by atoms with Gasteiger partial charge in [-0.2, -0.15) is 0 Å². The summed E-state index contributed by atoms with van der Waals surface area (Å²) in [4.78, 5) is 11.1. The van der Waals surface area contributed by atoms with Crippen LogP contribution in [0.2, 0.25) is 0 Å². The van der Waals surface area contributed by atoms with Crippen molar-refractivity contribution in [3.8, 4) is 0 Å². The Kier molecular flexibility index (Phi) is 4.98. The van der Waals surface area contributed by atoms with Crippen LogP contribution in [0.15, 0.2) is 24.3 Å². The number of hydrogen-bond acceptors (Lipinski definition) is 1. The van der Waals surface area contributed by atoms with Crippen LogP contribution in [-0.4, -0.2) is 5.78 Å². The molecule has 0 unspecified atom stereocenters. The van der Waals surface area contributed by atoms with Crippen molar-refractivity contribution in [3.63, 3.8) is 0 Å². The van der Waals surface area contributed by atoms with Crippen LogP contribution < -0.4 is 0 Å². The number of hydrogen-bond donors (Lipinski definition) is 0. The Balaban J connectivity index is 1.86. The van der Waals surface area contributed by atoms with Gasteiger partial charge < -0.3 is 0 Å². The molecule has 0 spiro atoms. The number of rotatable bonds is 5. The van der Waals surface area contributed by atoms with E-state index in [2.05, 4.69) is 24.3 Å². The SMILES string of the molecule is CC(=O)Cc1cccc(CCC2CCCCC2)c1. The van der Waals surface area contributed by atoms with Crippen LogP contribution in [0.4, 0.5) is 0 Å². The van der Waals surface area contributed by atoms with Gasteiger partial charge in [0, 0.05) is 6.42 Å². The number of aryl methyl sites for hydroxylation is 1. The minimum absolute atomic E-state index is 0.249. The predicted octanol–water partition coefficient (Wildman–Crippen LogP) is 4.33. The molecule has 1 saturated carbocycles. The summed E-state index contributed by atoms with van der Waals surface area (Å²) in [6.45, 7) is 1.66. The van der Waals surface area contributed by atoms with Crippen LogP contribution in [0.3, 0.4) is 0 Å². The molecule has 18 heavy (non-hydrogen) atoms. The molecule has 2 rings (SSSR count). The second-order valence-electron chi connectivity index (χ2n) is 5.74. The third-order valence-corrected chi connectivity index (χ3v) is 4.01. The maximum absolute atomic E-state index is 11.1. The summed E-state index contributed by atoms with van der Waals surface area (Å²) in [5, 5.41) is 0. The van der Waals surface area contributed by atoms with Gasteiger partial charge in [0.25, 0.3) is 0 Å². The van der Waals surface area contributed by atoms with Crippen molar-refractivity contribution in [1.29, 1.82) is 0 Å².